The number of ether oxygens (including phenoxy) is 1. The normalized spacial score (nSPS) is 16.8. The minimum absolute atomic E-state index is 0.740. The van der Waals surface area contributed by atoms with Crippen LogP contribution in [0.2, 0.25) is 0 Å². The second-order valence-corrected chi connectivity index (χ2v) is 4.95. The van der Waals surface area contributed by atoms with Crippen molar-refractivity contribution < 1.29 is 4.74 Å². The number of hydrogen-bond donors (Lipinski definition) is 1. The largest absolute Gasteiger partial charge is 0.383 e. The molecule has 0 saturated carbocycles. The summed E-state index contributed by atoms with van der Waals surface area (Å²) in [5.74, 6) is 1.13. The van der Waals surface area contributed by atoms with E-state index in [1.54, 1.807) is 7.11 Å². The highest BCUT2D eigenvalue weighted by Crippen LogP contribution is 2.18. The number of aromatic nitrogens is 1. The average Bonchev–Trinajstić information content (AvgIpc) is 2.45. The molecule has 0 bridgehead atoms. The first-order valence-corrected chi connectivity index (χ1v) is 6.88. The van der Waals surface area contributed by atoms with Crippen LogP contribution in [0.5, 0.6) is 0 Å². The predicted molar refractivity (Wildman–Crippen MR) is 77.5 cm³/mol. The summed E-state index contributed by atoms with van der Waals surface area (Å²) in [6.07, 6.45) is 1.88. The van der Waals surface area contributed by atoms with Gasteiger partial charge in [0.05, 0.1) is 6.61 Å². The summed E-state index contributed by atoms with van der Waals surface area (Å²) in [4.78, 5) is 9.30. The maximum Gasteiger partial charge on any atom is 0.133 e. The molecule has 19 heavy (non-hydrogen) atoms. The van der Waals surface area contributed by atoms with Crippen molar-refractivity contribution in [3.63, 3.8) is 0 Å². The van der Waals surface area contributed by atoms with Crippen LogP contribution in [-0.2, 0) is 11.3 Å². The second-order valence-electron chi connectivity index (χ2n) is 4.95. The minimum Gasteiger partial charge on any atom is -0.383 e. The van der Waals surface area contributed by atoms with E-state index in [1.807, 2.05) is 12.3 Å². The molecule has 0 aromatic carbocycles. The summed E-state index contributed by atoms with van der Waals surface area (Å²) in [5, 5.41) is 3.39. The van der Waals surface area contributed by atoms with Crippen LogP contribution in [0.3, 0.4) is 0 Å². The highest BCUT2D eigenvalue weighted by atomic mass is 16.5. The van der Waals surface area contributed by atoms with Gasteiger partial charge in [0, 0.05) is 58.1 Å². The van der Waals surface area contributed by atoms with Crippen molar-refractivity contribution in [2.24, 2.45) is 0 Å². The molecule has 1 aliphatic heterocycles. The van der Waals surface area contributed by atoms with Crippen molar-refractivity contribution in [1.29, 1.82) is 0 Å². The Bertz CT molecular complexity index is 377. The van der Waals surface area contributed by atoms with E-state index in [0.29, 0.717) is 0 Å². The van der Waals surface area contributed by atoms with Gasteiger partial charge in [0.1, 0.15) is 5.82 Å². The lowest BCUT2D eigenvalue weighted by Crippen LogP contribution is -2.45. The highest BCUT2D eigenvalue weighted by molar-refractivity contribution is 5.47. The lowest BCUT2D eigenvalue weighted by molar-refractivity contribution is 0.199. The summed E-state index contributed by atoms with van der Waals surface area (Å²) in [5.41, 5.74) is 1.27. The van der Waals surface area contributed by atoms with Crippen molar-refractivity contribution >= 4 is 5.82 Å². The first-order valence-electron chi connectivity index (χ1n) is 6.88. The van der Waals surface area contributed by atoms with E-state index in [1.165, 1.54) is 5.56 Å². The number of nitrogens with one attached hydrogen (secondary N) is 1. The van der Waals surface area contributed by atoms with Gasteiger partial charge in [-0.05, 0) is 13.1 Å². The molecular weight excluding hydrogens is 240 g/mol. The van der Waals surface area contributed by atoms with Gasteiger partial charge in [0.15, 0.2) is 0 Å². The fourth-order valence-electron chi connectivity index (χ4n) is 2.27. The molecule has 0 spiro atoms. The van der Waals surface area contributed by atoms with E-state index in [4.69, 9.17) is 4.74 Å². The van der Waals surface area contributed by atoms with Gasteiger partial charge >= 0.3 is 0 Å². The standard InChI is InChI=1S/C14H24N4O/c1-17-7-9-18(10-8-17)14-13(4-3-5-16-14)12-15-6-11-19-2/h3-5,15H,6-12H2,1-2H3. The number of hydrogen-bond acceptors (Lipinski definition) is 5. The Morgan fingerprint density at radius 3 is 2.84 bits per heavy atom. The highest BCUT2D eigenvalue weighted by Gasteiger charge is 2.17. The van der Waals surface area contributed by atoms with Crippen LogP contribution in [0.25, 0.3) is 0 Å². The van der Waals surface area contributed by atoms with E-state index in [2.05, 4.69) is 33.2 Å². The molecule has 2 heterocycles. The van der Waals surface area contributed by atoms with Gasteiger partial charge in [-0.3, -0.25) is 0 Å². The van der Waals surface area contributed by atoms with E-state index >= 15 is 0 Å². The molecule has 1 saturated heterocycles. The molecule has 0 radical (unpaired) electrons. The first-order chi connectivity index (χ1) is 9.31. The number of pyridine rings is 1. The Morgan fingerprint density at radius 2 is 2.11 bits per heavy atom. The van der Waals surface area contributed by atoms with Crippen LogP contribution in [-0.4, -0.2) is 63.4 Å². The third-order valence-electron chi connectivity index (χ3n) is 3.47. The van der Waals surface area contributed by atoms with Gasteiger partial charge < -0.3 is 19.9 Å². The van der Waals surface area contributed by atoms with Gasteiger partial charge in [-0.25, -0.2) is 4.98 Å². The number of piperazine rings is 1. The number of methoxy groups -OCH3 is 1. The Labute approximate surface area is 115 Å². The number of likely N-dealkylation sites (N-methyl/N-ethyl adjacent to an activating group) is 1. The van der Waals surface area contributed by atoms with Crippen molar-refractivity contribution in [3.8, 4) is 0 Å². The van der Waals surface area contributed by atoms with E-state index in [-0.39, 0.29) is 0 Å². The third kappa shape index (κ3) is 4.16. The Kier molecular flexibility index (Phi) is 5.57. The van der Waals surface area contributed by atoms with Crippen LogP contribution in [0.15, 0.2) is 18.3 Å². The zero-order chi connectivity index (χ0) is 13.5. The van der Waals surface area contributed by atoms with Gasteiger partial charge in [0.2, 0.25) is 0 Å². The molecule has 1 N–H and O–H groups in total. The van der Waals surface area contributed by atoms with E-state index in [0.717, 1.165) is 51.7 Å². The maximum atomic E-state index is 5.04. The topological polar surface area (TPSA) is 40.6 Å². The fourth-order valence-corrected chi connectivity index (χ4v) is 2.27. The Balaban J connectivity index is 1.95. The van der Waals surface area contributed by atoms with Gasteiger partial charge in [-0.1, -0.05) is 6.07 Å². The van der Waals surface area contributed by atoms with Gasteiger partial charge in [-0.2, -0.15) is 0 Å². The number of nitrogens with zero attached hydrogens (tertiary/aromatic N) is 3. The molecule has 0 amide bonds. The quantitative estimate of drug-likeness (QED) is 0.761. The molecule has 1 fully saturated rings. The lowest BCUT2D eigenvalue weighted by atomic mass is 10.2. The molecule has 0 atom stereocenters. The molecule has 2 rings (SSSR count). The summed E-state index contributed by atoms with van der Waals surface area (Å²) in [7, 11) is 3.89. The van der Waals surface area contributed by atoms with Gasteiger partial charge in [0.25, 0.3) is 0 Å². The molecular formula is C14H24N4O. The molecule has 1 aromatic rings. The monoisotopic (exact) mass is 264 g/mol. The molecule has 5 heteroatoms. The average molecular weight is 264 g/mol. The van der Waals surface area contributed by atoms with E-state index < -0.39 is 0 Å². The maximum absolute atomic E-state index is 5.04. The zero-order valence-electron chi connectivity index (χ0n) is 11.9. The fraction of sp³-hybridized carbons (Fsp3) is 0.643. The number of anilines is 1. The van der Waals surface area contributed by atoms with E-state index in [9.17, 15) is 0 Å². The van der Waals surface area contributed by atoms with Crippen LogP contribution in [0.4, 0.5) is 5.82 Å². The molecule has 5 nitrogen and oxygen atoms in total. The molecule has 0 aliphatic carbocycles. The van der Waals surface area contributed by atoms with Crippen molar-refractivity contribution in [1.82, 2.24) is 15.2 Å². The predicted octanol–water partition coefficient (Wildman–Crippen LogP) is 0.569. The molecule has 1 aromatic heterocycles. The summed E-state index contributed by atoms with van der Waals surface area (Å²) in [6.45, 7) is 6.77. The lowest BCUT2D eigenvalue weighted by Gasteiger charge is -2.34. The summed E-state index contributed by atoms with van der Waals surface area (Å²) >= 11 is 0. The second kappa shape index (κ2) is 7.43. The van der Waals surface area contributed by atoms with Crippen LogP contribution < -0.4 is 10.2 Å². The van der Waals surface area contributed by atoms with Crippen LogP contribution in [0, 0.1) is 0 Å². The van der Waals surface area contributed by atoms with Crippen LogP contribution >= 0.6 is 0 Å². The van der Waals surface area contributed by atoms with Crippen molar-refractivity contribution in [2.75, 3.05) is 58.4 Å². The van der Waals surface area contributed by atoms with Crippen molar-refractivity contribution in [3.05, 3.63) is 23.9 Å². The SMILES string of the molecule is COCCNCc1cccnc1N1CCN(C)CC1. The molecule has 0 unspecified atom stereocenters. The van der Waals surface area contributed by atoms with Gasteiger partial charge in [-0.15, -0.1) is 0 Å². The smallest absolute Gasteiger partial charge is 0.133 e. The van der Waals surface area contributed by atoms with Crippen LogP contribution in [0.1, 0.15) is 5.56 Å². The Hall–Kier alpha value is -1.17. The summed E-state index contributed by atoms with van der Waals surface area (Å²) < 4.78 is 5.04. The molecule has 1 aliphatic rings. The Morgan fingerprint density at radius 1 is 1.32 bits per heavy atom. The van der Waals surface area contributed by atoms with Crippen molar-refractivity contribution in [2.45, 2.75) is 6.54 Å². The third-order valence-corrected chi connectivity index (χ3v) is 3.47. The number of rotatable bonds is 6. The minimum atomic E-state index is 0.740. The molecule has 106 valence electrons. The first kappa shape index (κ1) is 14.2. The summed E-state index contributed by atoms with van der Waals surface area (Å²) in [6, 6.07) is 4.16. The zero-order valence-corrected chi connectivity index (χ0v) is 11.9.